The van der Waals surface area contributed by atoms with Gasteiger partial charge in [-0.3, -0.25) is 19.8 Å². The Balaban J connectivity index is 1.34. The number of nitrogens with zero attached hydrogens (tertiary/aromatic N) is 4. The molecule has 150 valence electrons. The summed E-state index contributed by atoms with van der Waals surface area (Å²) < 4.78 is 6.21. The second kappa shape index (κ2) is 8.01. The van der Waals surface area contributed by atoms with E-state index in [1.807, 2.05) is 37.1 Å². The maximum atomic E-state index is 12.9. The molecule has 2 fully saturated rings. The second-order valence-electron chi connectivity index (χ2n) is 8.03. The first kappa shape index (κ1) is 19.1. The minimum absolute atomic E-state index is 0.172. The molecule has 0 atom stereocenters. The molecule has 0 radical (unpaired) electrons. The van der Waals surface area contributed by atoms with Crippen LogP contribution >= 0.6 is 0 Å². The monoisotopic (exact) mass is 383 g/mol. The van der Waals surface area contributed by atoms with E-state index in [0.717, 1.165) is 55.1 Å². The SMILES string of the molecule is Cc1n[nH]c(C)c1CC(=O)N1CCOC2(CCN(Cc3ccccn3)CC2)C1. The third kappa shape index (κ3) is 4.10. The van der Waals surface area contributed by atoms with Crippen molar-refractivity contribution in [2.75, 3.05) is 32.8 Å². The van der Waals surface area contributed by atoms with Crippen LogP contribution in [0.4, 0.5) is 0 Å². The molecule has 0 bridgehead atoms. The second-order valence-corrected chi connectivity index (χ2v) is 8.03. The molecule has 1 spiro atoms. The lowest BCUT2D eigenvalue weighted by atomic mass is 9.89. The molecule has 2 aromatic rings. The number of amides is 1. The molecule has 1 N–H and O–H groups in total. The molecule has 2 aromatic heterocycles. The number of hydrogen-bond donors (Lipinski definition) is 1. The first-order chi connectivity index (χ1) is 13.5. The van der Waals surface area contributed by atoms with Crippen LogP contribution in [-0.4, -0.2) is 69.3 Å². The number of carbonyl (C=O) groups is 1. The van der Waals surface area contributed by atoms with Crippen molar-refractivity contribution in [3.05, 3.63) is 47.0 Å². The molecule has 0 aliphatic carbocycles. The molecule has 28 heavy (non-hydrogen) atoms. The Morgan fingerprint density at radius 2 is 2.07 bits per heavy atom. The van der Waals surface area contributed by atoms with Crippen molar-refractivity contribution in [3.63, 3.8) is 0 Å². The maximum Gasteiger partial charge on any atom is 0.227 e. The summed E-state index contributed by atoms with van der Waals surface area (Å²) in [7, 11) is 0. The number of likely N-dealkylation sites (tertiary alicyclic amines) is 1. The van der Waals surface area contributed by atoms with Gasteiger partial charge in [0.2, 0.25) is 5.91 Å². The number of pyridine rings is 1. The zero-order valence-corrected chi connectivity index (χ0v) is 16.8. The topological polar surface area (TPSA) is 74.3 Å². The van der Waals surface area contributed by atoms with E-state index >= 15 is 0 Å². The Labute approximate surface area is 166 Å². The quantitative estimate of drug-likeness (QED) is 0.872. The van der Waals surface area contributed by atoms with Gasteiger partial charge < -0.3 is 9.64 Å². The van der Waals surface area contributed by atoms with E-state index in [0.29, 0.717) is 26.1 Å². The first-order valence-electron chi connectivity index (χ1n) is 10.1. The molecule has 0 saturated carbocycles. The highest BCUT2D eigenvalue weighted by Crippen LogP contribution is 2.31. The van der Waals surface area contributed by atoms with Gasteiger partial charge in [0.25, 0.3) is 0 Å². The molecule has 1 amide bonds. The largest absolute Gasteiger partial charge is 0.371 e. The Morgan fingerprint density at radius 1 is 1.25 bits per heavy atom. The molecule has 0 unspecified atom stereocenters. The van der Waals surface area contributed by atoms with Crippen LogP contribution in [0, 0.1) is 13.8 Å². The van der Waals surface area contributed by atoms with Crippen molar-refractivity contribution in [2.45, 2.75) is 45.3 Å². The first-order valence-corrected chi connectivity index (χ1v) is 10.1. The van der Waals surface area contributed by atoms with Crippen LogP contribution < -0.4 is 0 Å². The zero-order chi connectivity index (χ0) is 19.6. The fraction of sp³-hybridized carbons (Fsp3) is 0.571. The van der Waals surface area contributed by atoms with Crippen molar-refractivity contribution in [2.24, 2.45) is 0 Å². The van der Waals surface area contributed by atoms with Crippen molar-refractivity contribution >= 4 is 5.91 Å². The summed E-state index contributed by atoms with van der Waals surface area (Å²) in [6.07, 6.45) is 4.16. The third-order valence-corrected chi connectivity index (χ3v) is 6.09. The highest BCUT2D eigenvalue weighted by atomic mass is 16.5. The number of aryl methyl sites for hydroxylation is 2. The molecule has 2 aliphatic heterocycles. The number of nitrogens with one attached hydrogen (secondary N) is 1. The van der Waals surface area contributed by atoms with E-state index in [9.17, 15) is 4.79 Å². The summed E-state index contributed by atoms with van der Waals surface area (Å²) in [5.74, 6) is 0.172. The summed E-state index contributed by atoms with van der Waals surface area (Å²) in [5.41, 5.74) is 3.82. The van der Waals surface area contributed by atoms with Crippen LogP contribution in [0.25, 0.3) is 0 Å². The summed E-state index contributed by atoms with van der Waals surface area (Å²) in [6.45, 7) is 8.73. The van der Waals surface area contributed by atoms with Crippen LogP contribution in [0.2, 0.25) is 0 Å². The van der Waals surface area contributed by atoms with E-state index < -0.39 is 0 Å². The van der Waals surface area contributed by atoms with E-state index in [4.69, 9.17) is 4.74 Å². The Bertz CT molecular complexity index is 792. The van der Waals surface area contributed by atoms with Crippen molar-refractivity contribution < 1.29 is 9.53 Å². The van der Waals surface area contributed by atoms with Gasteiger partial charge in [0.1, 0.15) is 0 Å². The minimum Gasteiger partial charge on any atom is -0.371 e. The Hall–Kier alpha value is -2.25. The van der Waals surface area contributed by atoms with Gasteiger partial charge >= 0.3 is 0 Å². The van der Waals surface area contributed by atoms with Crippen LogP contribution in [0.1, 0.15) is 35.5 Å². The predicted octanol–water partition coefficient (Wildman–Crippen LogP) is 1.86. The Kier molecular flexibility index (Phi) is 5.46. The number of ether oxygens (including phenoxy) is 1. The number of aromatic nitrogens is 3. The molecular formula is C21H29N5O2. The van der Waals surface area contributed by atoms with E-state index in [-0.39, 0.29) is 11.5 Å². The molecule has 0 aromatic carbocycles. The number of rotatable bonds is 4. The van der Waals surface area contributed by atoms with Gasteiger partial charge in [0.05, 0.1) is 30.0 Å². The highest BCUT2D eigenvalue weighted by molar-refractivity contribution is 5.79. The third-order valence-electron chi connectivity index (χ3n) is 6.09. The number of aromatic amines is 1. The maximum absolute atomic E-state index is 12.9. The van der Waals surface area contributed by atoms with Gasteiger partial charge in [-0.1, -0.05) is 6.07 Å². The van der Waals surface area contributed by atoms with Gasteiger partial charge in [0.15, 0.2) is 0 Å². The molecule has 4 heterocycles. The minimum atomic E-state index is -0.199. The fourth-order valence-corrected chi connectivity index (χ4v) is 4.30. The highest BCUT2D eigenvalue weighted by Gasteiger charge is 2.41. The average molecular weight is 383 g/mol. The van der Waals surface area contributed by atoms with Gasteiger partial charge in [-0.2, -0.15) is 5.10 Å². The predicted molar refractivity (Wildman–Crippen MR) is 106 cm³/mol. The van der Waals surface area contributed by atoms with Crippen LogP contribution in [0.15, 0.2) is 24.4 Å². The molecular weight excluding hydrogens is 354 g/mol. The number of H-pyrrole nitrogens is 1. The molecule has 7 nitrogen and oxygen atoms in total. The zero-order valence-electron chi connectivity index (χ0n) is 16.8. The smallest absolute Gasteiger partial charge is 0.227 e. The van der Waals surface area contributed by atoms with Crippen molar-refractivity contribution in [3.8, 4) is 0 Å². The average Bonchev–Trinajstić information content (AvgIpc) is 3.03. The van der Waals surface area contributed by atoms with Crippen molar-refractivity contribution in [1.82, 2.24) is 25.0 Å². The van der Waals surface area contributed by atoms with Crippen molar-refractivity contribution in [1.29, 1.82) is 0 Å². The van der Waals surface area contributed by atoms with Gasteiger partial charge in [-0.05, 0) is 38.8 Å². The number of piperidine rings is 1. The summed E-state index contributed by atoms with van der Waals surface area (Å²) >= 11 is 0. The number of carbonyl (C=O) groups excluding carboxylic acids is 1. The number of hydrogen-bond acceptors (Lipinski definition) is 5. The van der Waals surface area contributed by atoms with E-state index in [2.05, 4.69) is 26.1 Å². The van der Waals surface area contributed by atoms with Gasteiger partial charge in [-0.25, -0.2) is 0 Å². The fourth-order valence-electron chi connectivity index (χ4n) is 4.30. The van der Waals surface area contributed by atoms with Crippen LogP contribution in [-0.2, 0) is 22.5 Å². The molecule has 2 saturated heterocycles. The lowest BCUT2D eigenvalue weighted by Gasteiger charge is -2.47. The summed E-state index contributed by atoms with van der Waals surface area (Å²) in [6, 6.07) is 6.05. The van der Waals surface area contributed by atoms with E-state index in [1.165, 1.54) is 0 Å². The normalized spacial score (nSPS) is 19.9. The molecule has 2 aliphatic rings. The van der Waals surface area contributed by atoms with Crippen LogP contribution in [0.5, 0.6) is 0 Å². The van der Waals surface area contributed by atoms with E-state index in [1.54, 1.807) is 0 Å². The molecule has 4 rings (SSSR count). The lowest BCUT2D eigenvalue weighted by Crippen LogP contribution is -2.58. The standard InChI is InChI=1S/C21H29N5O2/c1-16-19(17(2)24-23-16)13-20(27)26-11-12-28-21(15-26)6-9-25(10-7-21)14-18-5-3-4-8-22-18/h3-5,8H,6-7,9-15H2,1-2H3,(H,23,24). The molecule has 7 heteroatoms. The number of morpholine rings is 1. The summed E-state index contributed by atoms with van der Waals surface area (Å²) in [4.78, 5) is 21.8. The van der Waals surface area contributed by atoms with Gasteiger partial charge in [0, 0.05) is 50.2 Å². The summed E-state index contributed by atoms with van der Waals surface area (Å²) in [5, 5.41) is 7.18. The lowest BCUT2D eigenvalue weighted by molar-refractivity contribution is -0.159. The Morgan fingerprint density at radius 3 is 2.75 bits per heavy atom. The van der Waals surface area contributed by atoms with Gasteiger partial charge in [-0.15, -0.1) is 0 Å². The van der Waals surface area contributed by atoms with Crippen LogP contribution in [0.3, 0.4) is 0 Å².